The molecule has 2 amide bonds. The zero-order valence-electron chi connectivity index (χ0n) is 25.8. The minimum absolute atomic E-state index is 0.0135. The maximum Gasteiger partial charge on any atom is 0.261 e. The van der Waals surface area contributed by atoms with Crippen LogP contribution in [0.3, 0.4) is 0 Å². The quantitative estimate of drug-likeness (QED) is 0.145. The zero-order valence-corrected chi connectivity index (χ0v) is 26.6. The third-order valence-electron chi connectivity index (χ3n) is 7.41. The molecule has 5 aromatic carbocycles. The Morgan fingerprint density at radius 1 is 0.708 bits per heavy atom. The molecule has 2 N–H and O–H groups in total. The molecule has 0 fully saturated rings. The molecule has 0 aliphatic carbocycles. The van der Waals surface area contributed by atoms with E-state index in [1.807, 2.05) is 36.4 Å². The fourth-order valence-electron chi connectivity index (χ4n) is 4.96. The van der Waals surface area contributed by atoms with Crippen molar-refractivity contribution in [3.63, 3.8) is 0 Å². The van der Waals surface area contributed by atoms with Crippen LogP contribution in [0.2, 0.25) is 0 Å². The van der Waals surface area contributed by atoms with Gasteiger partial charge in [-0.3, -0.25) is 14.3 Å². The number of sulfonamides is 1. The van der Waals surface area contributed by atoms with Crippen molar-refractivity contribution < 1.29 is 31.5 Å². The molecule has 0 bridgehead atoms. The van der Waals surface area contributed by atoms with Crippen molar-refractivity contribution in [1.29, 1.82) is 0 Å². The van der Waals surface area contributed by atoms with Gasteiger partial charge in [-0.15, -0.1) is 0 Å². The van der Waals surface area contributed by atoms with Gasteiger partial charge in [0, 0.05) is 18.8 Å². The molecule has 0 saturated heterocycles. The summed E-state index contributed by atoms with van der Waals surface area (Å²) < 4.78 is 60.7. The number of carbonyl (C=O) groups is 2. The van der Waals surface area contributed by atoms with Gasteiger partial charge in [0.25, 0.3) is 15.9 Å². The van der Waals surface area contributed by atoms with E-state index in [-0.39, 0.29) is 22.9 Å². The molecular weight excluding hydrogens is 636 g/mol. The number of carbonyl (C=O) groups excluding carboxylic acids is 2. The monoisotopic (exact) mass is 669 g/mol. The van der Waals surface area contributed by atoms with Crippen molar-refractivity contribution in [2.24, 2.45) is 0 Å². The summed E-state index contributed by atoms with van der Waals surface area (Å²) >= 11 is 0. The summed E-state index contributed by atoms with van der Waals surface area (Å²) in [4.78, 5) is 29.0. The van der Waals surface area contributed by atoms with Gasteiger partial charge in [0.2, 0.25) is 5.91 Å². The van der Waals surface area contributed by atoms with Crippen LogP contribution < -0.4 is 14.8 Å². The first-order valence-corrected chi connectivity index (χ1v) is 16.6. The number of nitrogens with zero attached hydrogens (tertiary/aromatic N) is 1. The van der Waals surface area contributed by atoms with Gasteiger partial charge in [0.1, 0.15) is 23.4 Å². The number of anilines is 1. The van der Waals surface area contributed by atoms with Gasteiger partial charge in [-0.25, -0.2) is 17.2 Å². The van der Waals surface area contributed by atoms with Gasteiger partial charge < -0.3 is 15.0 Å². The number of hydrogen-bond acceptors (Lipinski definition) is 5. The Kier molecular flexibility index (Phi) is 11.1. The Morgan fingerprint density at radius 3 is 1.92 bits per heavy atom. The van der Waals surface area contributed by atoms with Crippen LogP contribution in [0.15, 0.2) is 138 Å². The Hall–Kier alpha value is -5.55. The van der Waals surface area contributed by atoms with Crippen LogP contribution in [0.25, 0.3) is 0 Å². The molecule has 8 nitrogen and oxygen atoms in total. The molecule has 0 aromatic heterocycles. The molecular formula is C37H33F2N3O5S. The van der Waals surface area contributed by atoms with Gasteiger partial charge >= 0.3 is 0 Å². The van der Waals surface area contributed by atoms with Crippen LogP contribution in [-0.4, -0.2) is 38.3 Å². The Bertz CT molecular complexity index is 1910. The summed E-state index contributed by atoms with van der Waals surface area (Å²) in [5, 5.41) is 2.96. The summed E-state index contributed by atoms with van der Waals surface area (Å²) in [6.45, 7) is -0.144. The van der Waals surface area contributed by atoms with Crippen LogP contribution >= 0.6 is 0 Å². The molecule has 48 heavy (non-hydrogen) atoms. The molecule has 246 valence electrons. The van der Waals surface area contributed by atoms with Crippen LogP contribution in [0.5, 0.6) is 5.75 Å². The molecule has 11 heteroatoms. The van der Waals surface area contributed by atoms with E-state index in [1.54, 1.807) is 36.4 Å². The minimum Gasteiger partial charge on any atom is -0.484 e. The van der Waals surface area contributed by atoms with Crippen LogP contribution in [0.4, 0.5) is 14.5 Å². The summed E-state index contributed by atoms with van der Waals surface area (Å²) in [6.07, 6.45) is 0.592. The lowest BCUT2D eigenvalue weighted by atomic mass is 10.0. The number of amides is 2. The fourth-order valence-corrected chi connectivity index (χ4v) is 6.02. The topological polar surface area (TPSA) is 105 Å². The highest BCUT2D eigenvalue weighted by Gasteiger charge is 2.32. The molecule has 0 saturated carbocycles. The highest BCUT2D eigenvalue weighted by molar-refractivity contribution is 7.92. The standard InChI is InChI=1S/C37H33F2N3O5S/c38-30-13-11-28(12-14-30)25-42(36(29-9-5-2-6-10-29)37(44)40-24-23-27-7-3-1-4-8-27)35(43)26-47-33-19-21-34(22-20-33)48(45,46)41-32-17-15-31(39)16-18-32/h1-22,36,41H,23-26H2,(H,40,44)/t36-/m0/s1. The highest BCUT2D eigenvalue weighted by atomic mass is 32.2. The predicted molar refractivity (Wildman–Crippen MR) is 178 cm³/mol. The number of rotatable bonds is 14. The third-order valence-corrected chi connectivity index (χ3v) is 8.81. The van der Waals surface area contributed by atoms with E-state index in [0.29, 0.717) is 24.1 Å². The van der Waals surface area contributed by atoms with E-state index >= 15 is 0 Å². The SMILES string of the molecule is O=C(NCCc1ccccc1)[C@H](c1ccccc1)N(Cc1ccc(F)cc1)C(=O)COc1ccc(S(=O)(=O)Nc2ccc(F)cc2)cc1. The minimum atomic E-state index is -3.98. The molecule has 0 unspecified atom stereocenters. The maximum atomic E-state index is 13.9. The average Bonchev–Trinajstić information content (AvgIpc) is 3.10. The summed E-state index contributed by atoms with van der Waals surface area (Å²) in [5.41, 5.74) is 2.42. The van der Waals surface area contributed by atoms with Gasteiger partial charge in [0.15, 0.2) is 6.61 Å². The molecule has 5 aromatic rings. The van der Waals surface area contributed by atoms with Crippen molar-refractivity contribution in [3.05, 3.63) is 162 Å². The molecule has 0 aliphatic heterocycles. The first kappa shape index (κ1) is 33.8. The van der Waals surface area contributed by atoms with Crippen molar-refractivity contribution in [2.75, 3.05) is 17.9 Å². The molecule has 1 atom stereocenters. The fraction of sp³-hybridized carbons (Fsp3) is 0.135. The Labute approximate surface area is 278 Å². The van der Waals surface area contributed by atoms with Crippen molar-refractivity contribution in [3.8, 4) is 5.75 Å². The second kappa shape index (κ2) is 15.8. The molecule has 0 radical (unpaired) electrons. The lowest BCUT2D eigenvalue weighted by Crippen LogP contribution is -2.45. The van der Waals surface area contributed by atoms with Crippen molar-refractivity contribution >= 4 is 27.5 Å². The molecule has 0 aliphatic rings. The number of hydrogen-bond donors (Lipinski definition) is 2. The summed E-state index contributed by atoms with van der Waals surface area (Å²) in [6, 6.07) is 33.5. The molecule has 5 rings (SSSR count). The zero-order chi connectivity index (χ0) is 33.9. The van der Waals surface area contributed by atoms with E-state index in [4.69, 9.17) is 4.74 Å². The van der Waals surface area contributed by atoms with E-state index in [9.17, 15) is 26.8 Å². The van der Waals surface area contributed by atoms with E-state index in [0.717, 1.165) is 17.7 Å². The van der Waals surface area contributed by atoms with Gasteiger partial charge in [-0.05, 0) is 83.8 Å². The number of halogens is 2. The first-order valence-electron chi connectivity index (χ1n) is 15.1. The van der Waals surface area contributed by atoms with Crippen molar-refractivity contribution in [1.82, 2.24) is 10.2 Å². The molecule has 0 spiro atoms. The Morgan fingerprint density at radius 2 is 1.29 bits per heavy atom. The van der Waals surface area contributed by atoms with Crippen LogP contribution in [0.1, 0.15) is 22.7 Å². The smallest absolute Gasteiger partial charge is 0.261 e. The Balaban J connectivity index is 1.33. The third kappa shape index (κ3) is 9.26. The van der Waals surface area contributed by atoms with Gasteiger partial charge in [-0.2, -0.15) is 0 Å². The van der Waals surface area contributed by atoms with E-state index in [1.165, 1.54) is 53.4 Å². The lowest BCUT2D eigenvalue weighted by Gasteiger charge is -2.31. The normalized spacial score (nSPS) is 11.7. The first-order chi connectivity index (χ1) is 23.2. The summed E-state index contributed by atoms with van der Waals surface area (Å²) in [7, 11) is -3.98. The largest absolute Gasteiger partial charge is 0.484 e. The highest BCUT2D eigenvalue weighted by Crippen LogP contribution is 2.25. The number of ether oxygens (including phenoxy) is 1. The van der Waals surface area contributed by atoms with Gasteiger partial charge in [0.05, 0.1) is 4.90 Å². The maximum absolute atomic E-state index is 13.9. The predicted octanol–water partition coefficient (Wildman–Crippen LogP) is 6.27. The average molecular weight is 670 g/mol. The van der Waals surface area contributed by atoms with Crippen LogP contribution in [0, 0.1) is 11.6 Å². The van der Waals surface area contributed by atoms with Crippen LogP contribution in [-0.2, 0) is 32.6 Å². The lowest BCUT2D eigenvalue weighted by molar-refractivity contribution is -0.143. The van der Waals surface area contributed by atoms with E-state index < -0.39 is 46.1 Å². The number of nitrogens with one attached hydrogen (secondary N) is 2. The molecule has 0 heterocycles. The van der Waals surface area contributed by atoms with Crippen molar-refractivity contribution in [2.45, 2.75) is 23.9 Å². The van der Waals surface area contributed by atoms with Gasteiger partial charge in [-0.1, -0.05) is 72.8 Å². The second-order valence-electron chi connectivity index (χ2n) is 10.9. The second-order valence-corrected chi connectivity index (χ2v) is 12.5. The summed E-state index contributed by atoms with van der Waals surface area (Å²) in [5.74, 6) is -1.63. The number of benzene rings is 5. The van der Waals surface area contributed by atoms with E-state index in [2.05, 4.69) is 10.0 Å².